The van der Waals surface area contributed by atoms with Crippen molar-refractivity contribution >= 4 is 11.6 Å². The molecule has 2 atom stereocenters. The first-order valence-electron chi connectivity index (χ1n) is 6.60. The largest absolute Gasteiger partial charge is 0.387 e. The molecule has 1 fully saturated rings. The number of hydrogen-bond donors (Lipinski definition) is 1. The van der Waals surface area contributed by atoms with Crippen LogP contribution in [0.5, 0.6) is 0 Å². The SMILES string of the molecule is CNc1cc(C)ncc1C(=O)N1C[C@@H](C)O[C@@H](C)C1. The van der Waals surface area contributed by atoms with Gasteiger partial charge in [0.15, 0.2) is 0 Å². The fourth-order valence-corrected chi connectivity index (χ4v) is 2.45. The summed E-state index contributed by atoms with van der Waals surface area (Å²) in [5.41, 5.74) is 2.34. The minimum absolute atomic E-state index is 0.0128. The number of hydrogen-bond acceptors (Lipinski definition) is 4. The van der Waals surface area contributed by atoms with Crippen molar-refractivity contribution in [2.45, 2.75) is 33.0 Å². The molecule has 104 valence electrons. The third-order valence-electron chi connectivity index (χ3n) is 3.25. The van der Waals surface area contributed by atoms with Crippen LogP contribution in [-0.2, 0) is 4.74 Å². The summed E-state index contributed by atoms with van der Waals surface area (Å²) in [6, 6.07) is 1.89. The highest BCUT2D eigenvalue weighted by atomic mass is 16.5. The lowest BCUT2D eigenvalue weighted by molar-refractivity contribution is -0.0586. The summed E-state index contributed by atoms with van der Waals surface area (Å²) in [6.45, 7) is 7.14. The van der Waals surface area contributed by atoms with Crippen molar-refractivity contribution in [2.75, 3.05) is 25.5 Å². The van der Waals surface area contributed by atoms with Crippen LogP contribution >= 0.6 is 0 Å². The predicted octanol–water partition coefficient (Wildman–Crippen LogP) is 1.68. The molecule has 5 heteroatoms. The Morgan fingerprint density at radius 3 is 2.63 bits per heavy atom. The van der Waals surface area contributed by atoms with Crippen LogP contribution in [0.2, 0.25) is 0 Å². The van der Waals surface area contributed by atoms with E-state index >= 15 is 0 Å². The summed E-state index contributed by atoms with van der Waals surface area (Å²) >= 11 is 0. The fourth-order valence-electron chi connectivity index (χ4n) is 2.45. The van der Waals surface area contributed by atoms with Crippen LogP contribution in [0.3, 0.4) is 0 Å². The number of ether oxygens (including phenoxy) is 1. The number of pyridine rings is 1. The average Bonchev–Trinajstić information content (AvgIpc) is 2.36. The van der Waals surface area contributed by atoms with Gasteiger partial charge in [0.25, 0.3) is 5.91 Å². The summed E-state index contributed by atoms with van der Waals surface area (Å²) < 4.78 is 5.65. The van der Waals surface area contributed by atoms with Crippen molar-refractivity contribution in [2.24, 2.45) is 0 Å². The third-order valence-corrected chi connectivity index (χ3v) is 3.25. The summed E-state index contributed by atoms with van der Waals surface area (Å²) in [6.07, 6.45) is 1.79. The summed E-state index contributed by atoms with van der Waals surface area (Å²) in [5, 5.41) is 3.06. The zero-order valence-electron chi connectivity index (χ0n) is 11.9. The van der Waals surface area contributed by atoms with Crippen molar-refractivity contribution in [3.63, 3.8) is 0 Å². The number of anilines is 1. The molecule has 1 saturated heterocycles. The number of carbonyl (C=O) groups excluding carboxylic acids is 1. The first-order valence-corrected chi connectivity index (χ1v) is 6.60. The quantitative estimate of drug-likeness (QED) is 0.882. The normalized spacial score (nSPS) is 23.3. The summed E-state index contributed by atoms with van der Waals surface area (Å²) in [4.78, 5) is 18.6. The standard InChI is InChI=1S/C14H21N3O2/c1-9-5-13(15-4)12(6-16-9)14(18)17-7-10(2)19-11(3)8-17/h5-6,10-11H,7-8H2,1-4H3,(H,15,16)/t10-,11+. The maximum absolute atomic E-state index is 12.6. The number of aromatic nitrogens is 1. The Kier molecular flexibility index (Phi) is 4.04. The molecule has 1 amide bonds. The van der Waals surface area contributed by atoms with Gasteiger partial charge in [-0.25, -0.2) is 0 Å². The zero-order valence-corrected chi connectivity index (χ0v) is 11.9. The van der Waals surface area contributed by atoms with Gasteiger partial charge in [-0.15, -0.1) is 0 Å². The van der Waals surface area contributed by atoms with Crippen molar-refractivity contribution in [1.29, 1.82) is 0 Å². The van der Waals surface area contributed by atoms with Crippen molar-refractivity contribution in [1.82, 2.24) is 9.88 Å². The van der Waals surface area contributed by atoms with Crippen LogP contribution in [0.15, 0.2) is 12.3 Å². The van der Waals surface area contributed by atoms with E-state index < -0.39 is 0 Å². The van der Waals surface area contributed by atoms with Crippen LogP contribution < -0.4 is 5.32 Å². The van der Waals surface area contributed by atoms with Gasteiger partial charge in [-0.1, -0.05) is 0 Å². The van der Waals surface area contributed by atoms with E-state index in [-0.39, 0.29) is 18.1 Å². The number of nitrogens with one attached hydrogen (secondary N) is 1. The molecule has 0 unspecified atom stereocenters. The second-order valence-corrected chi connectivity index (χ2v) is 5.09. The highest BCUT2D eigenvalue weighted by Gasteiger charge is 2.27. The number of morpholine rings is 1. The van der Waals surface area contributed by atoms with E-state index in [9.17, 15) is 4.79 Å². The Morgan fingerprint density at radius 1 is 1.42 bits per heavy atom. The van der Waals surface area contributed by atoms with E-state index in [0.717, 1.165) is 11.4 Å². The Hall–Kier alpha value is -1.62. The van der Waals surface area contributed by atoms with Crippen LogP contribution in [0.1, 0.15) is 29.9 Å². The minimum atomic E-state index is 0.0128. The molecular weight excluding hydrogens is 242 g/mol. The maximum atomic E-state index is 12.6. The molecular formula is C14H21N3O2. The van der Waals surface area contributed by atoms with Gasteiger partial charge < -0.3 is 15.0 Å². The van der Waals surface area contributed by atoms with Gasteiger partial charge in [0, 0.05) is 32.0 Å². The molecule has 0 aromatic carbocycles. The van der Waals surface area contributed by atoms with Gasteiger partial charge in [-0.3, -0.25) is 9.78 Å². The number of nitrogens with zero attached hydrogens (tertiary/aromatic N) is 2. The molecule has 1 aliphatic rings. The van der Waals surface area contributed by atoms with Crippen LogP contribution in [0.25, 0.3) is 0 Å². The predicted molar refractivity (Wildman–Crippen MR) is 74.4 cm³/mol. The second kappa shape index (κ2) is 5.57. The first-order chi connectivity index (χ1) is 9.01. The molecule has 0 spiro atoms. The van der Waals surface area contributed by atoms with E-state index in [1.807, 2.05) is 38.8 Å². The lowest BCUT2D eigenvalue weighted by Gasteiger charge is -2.35. The van der Waals surface area contributed by atoms with E-state index in [0.29, 0.717) is 18.7 Å². The molecule has 1 aromatic heterocycles. The number of amides is 1. The van der Waals surface area contributed by atoms with Crippen molar-refractivity contribution < 1.29 is 9.53 Å². The lowest BCUT2D eigenvalue weighted by atomic mass is 10.1. The molecule has 0 radical (unpaired) electrons. The molecule has 1 aliphatic heterocycles. The van der Waals surface area contributed by atoms with Gasteiger partial charge >= 0.3 is 0 Å². The molecule has 0 aliphatic carbocycles. The van der Waals surface area contributed by atoms with Gasteiger partial charge in [0.1, 0.15) is 0 Å². The van der Waals surface area contributed by atoms with Crippen molar-refractivity contribution in [3.05, 3.63) is 23.5 Å². The third kappa shape index (κ3) is 3.04. The molecule has 0 saturated carbocycles. The van der Waals surface area contributed by atoms with Gasteiger partial charge in [-0.05, 0) is 26.8 Å². The van der Waals surface area contributed by atoms with Gasteiger partial charge in [0.2, 0.25) is 0 Å². The minimum Gasteiger partial charge on any atom is -0.387 e. The van der Waals surface area contributed by atoms with E-state index in [2.05, 4.69) is 10.3 Å². The molecule has 5 nitrogen and oxygen atoms in total. The molecule has 2 heterocycles. The number of carbonyl (C=O) groups is 1. The van der Waals surface area contributed by atoms with Crippen LogP contribution in [-0.4, -0.2) is 48.1 Å². The highest BCUT2D eigenvalue weighted by Crippen LogP contribution is 2.20. The summed E-state index contributed by atoms with van der Waals surface area (Å²) in [7, 11) is 1.82. The van der Waals surface area contributed by atoms with E-state index in [1.54, 1.807) is 6.20 Å². The average molecular weight is 263 g/mol. The topological polar surface area (TPSA) is 54.5 Å². The Labute approximate surface area is 114 Å². The van der Waals surface area contributed by atoms with E-state index in [1.165, 1.54) is 0 Å². The Morgan fingerprint density at radius 2 is 2.05 bits per heavy atom. The number of aryl methyl sites for hydroxylation is 1. The van der Waals surface area contributed by atoms with Crippen molar-refractivity contribution in [3.8, 4) is 0 Å². The monoisotopic (exact) mass is 263 g/mol. The smallest absolute Gasteiger partial charge is 0.257 e. The zero-order chi connectivity index (χ0) is 14.0. The number of rotatable bonds is 2. The first kappa shape index (κ1) is 13.8. The van der Waals surface area contributed by atoms with Crippen LogP contribution in [0.4, 0.5) is 5.69 Å². The Bertz CT molecular complexity index is 466. The lowest BCUT2D eigenvalue weighted by Crippen LogP contribution is -2.48. The molecule has 1 N–H and O–H groups in total. The Balaban J connectivity index is 2.24. The van der Waals surface area contributed by atoms with Gasteiger partial charge in [0.05, 0.1) is 23.5 Å². The van der Waals surface area contributed by atoms with Gasteiger partial charge in [-0.2, -0.15) is 0 Å². The van der Waals surface area contributed by atoms with E-state index in [4.69, 9.17) is 4.74 Å². The second-order valence-electron chi connectivity index (χ2n) is 5.09. The maximum Gasteiger partial charge on any atom is 0.257 e. The van der Waals surface area contributed by atoms with Crippen LogP contribution in [0, 0.1) is 6.92 Å². The highest BCUT2D eigenvalue weighted by molar-refractivity contribution is 5.99. The molecule has 2 rings (SSSR count). The fraction of sp³-hybridized carbons (Fsp3) is 0.571. The molecule has 1 aromatic rings. The summed E-state index contributed by atoms with van der Waals surface area (Å²) in [5.74, 6) is 0.0128. The molecule has 0 bridgehead atoms. The molecule has 19 heavy (non-hydrogen) atoms.